The molecule has 1 rings (SSSR count). The third-order valence-electron chi connectivity index (χ3n) is 2.11. The molecule has 0 N–H and O–H groups in total. The van der Waals surface area contributed by atoms with Crippen LogP contribution in [0.5, 0.6) is 0 Å². The average molecular weight is 296 g/mol. The van der Waals surface area contributed by atoms with Gasteiger partial charge in [-0.05, 0) is 0 Å². The minimum absolute atomic E-state index is 0.192. The molecule has 1 amide bonds. The first-order valence-electron chi connectivity index (χ1n) is 5.10. The molecular formula is C10H19NO2SSe. The van der Waals surface area contributed by atoms with E-state index in [-0.39, 0.29) is 6.09 Å². The van der Waals surface area contributed by atoms with Crippen LogP contribution in [-0.2, 0) is 4.74 Å². The fourth-order valence-electron chi connectivity index (χ4n) is 1.24. The number of hydrogen-bond acceptors (Lipinski definition) is 3. The summed E-state index contributed by atoms with van der Waals surface area (Å²) < 4.78 is 5.34. The van der Waals surface area contributed by atoms with Gasteiger partial charge >= 0.3 is 101 Å². The van der Waals surface area contributed by atoms with Crippen molar-refractivity contribution in [1.29, 1.82) is 0 Å². The number of hydrogen-bond donors (Lipinski definition) is 0. The van der Waals surface area contributed by atoms with Gasteiger partial charge in [-0.25, -0.2) is 0 Å². The van der Waals surface area contributed by atoms with Crippen LogP contribution in [0.3, 0.4) is 0 Å². The second kappa shape index (κ2) is 5.46. The Morgan fingerprint density at radius 1 is 1.53 bits per heavy atom. The van der Waals surface area contributed by atoms with Gasteiger partial charge in [0.15, 0.2) is 0 Å². The number of carbonyl (C=O) groups excluding carboxylic acids is 1. The molecular weight excluding hydrogens is 277 g/mol. The molecule has 1 aliphatic heterocycles. The third kappa shape index (κ3) is 4.66. The zero-order valence-electron chi connectivity index (χ0n) is 9.78. The molecule has 0 aromatic rings. The molecule has 88 valence electrons. The van der Waals surface area contributed by atoms with E-state index in [9.17, 15) is 4.79 Å². The van der Waals surface area contributed by atoms with E-state index in [2.05, 4.69) is 0 Å². The Kier molecular flexibility index (Phi) is 4.81. The number of nitrogens with zero attached hydrogens (tertiary/aromatic N) is 1. The predicted molar refractivity (Wildman–Crippen MR) is 65.4 cm³/mol. The molecule has 1 fully saturated rings. The van der Waals surface area contributed by atoms with E-state index in [0.717, 1.165) is 26.0 Å². The third-order valence-corrected chi connectivity index (χ3v) is 6.41. The molecule has 0 saturated carbocycles. The van der Waals surface area contributed by atoms with Gasteiger partial charge < -0.3 is 0 Å². The fraction of sp³-hybridized carbons (Fsp3) is 0.900. The van der Waals surface area contributed by atoms with Crippen LogP contribution in [0, 0.1) is 0 Å². The van der Waals surface area contributed by atoms with Crippen molar-refractivity contribution in [2.24, 2.45) is 0 Å². The van der Waals surface area contributed by atoms with Gasteiger partial charge in [-0.3, -0.25) is 0 Å². The molecule has 0 aromatic heterocycles. The van der Waals surface area contributed by atoms with Gasteiger partial charge in [-0.2, -0.15) is 0 Å². The number of rotatable bonds is 1. The molecule has 3 nitrogen and oxygen atoms in total. The van der Waals surface area contributed by atoms with E-state index in [1.165, 1.54) is 5.32 Å². The van der Waals surface area contributed by atoms with Gasteiger partial charge in [0.25, 0.3) is 0 Å². The van der Waals surface area contributed by atoms with E-state index < -0.39 is 5.60 Å². The zero-order valence-corrected chi connectivity index (χ0v) is 12.3. The van der Waals surface area contributed by atoms with Crippen molar-refractivity contribution in [2.75, 3.05) is 12.8 Å². The van der Waals surface area contributed by atoms with Gasteiger partial charge in [0.1, 0.15) is 0 Å². The van der Waals surface area contributed by atoms with Gasteiger partial charge in [0.2, 0.25) is 0 Å². The predicted octanol–water partition coefficient (Wildman–Crippen LogP) is 2.40. The number of amides is 1. The summed E-state index contributed by atoms with van der Waals surface area (Å²) in [6, 6.07) is 0.362. The summed E-state index contributed by atoms with van der Waals surface area (Å²) in [7, 11) is 3.82. The Labute approximate surface area is 102 Å². The van der Waals surface area contributed by atoms with Crippen LogP contribution in [0.4, 0.5) is 4.79 Å². The summed E-state index contributed by atoms with van der Waals surface area (Å²) in [6.45, 7) is 5.70. The summed E-state index contributed by atoms with van der Waals surface area (Å²) in [4.78, 5) is 13.5. The molecule has 0 spiro atoms. The maximum atomic E-state index is 11.8. The summed E-state index contributed by atoms with van der Waals surface area (Å²) in [5, 5.41) is 1.26. The second-order valence-electron chi connectivity index (χ2n) is 4.64. The van der Waals surface area contributed by atoms with Crippen LogP contribution in [-0.4, -0.2) is 49.3 Å². The van der Waals surface area contributed by atoms with E-state index in [1.54, 1.807) is 4.90 Å². The molecule has 0 radical (unpaired) electrons. The second-order valence-corrected chi connectivity index (χ2v) is 9.27. The Morgan fingerprint density at radius 3 is 2.67 bits per heavy atom. The Balaban J connectivity index is 2.44. The first kappa shape index (κ1) is 13.2. The molecule has 15 heavy (non-hydrogen) atoms. The molecule has 0 aromatic carbocycles. The molecule has 0 aliphatic carbocycles. The van der Waals surface area contributed by atoms with E-state index >= 15 is 0 Å². The maximum absolute atomic E-state index is 11.8. The monoisotopic (exact) mass is 297 g/mol. The number of ether oxygens (including phenoxy) is 1. The van der Waals surface area contributed by atoms with E-state index in [1.807, 2.05) is 38.0 Å². The first-order chi connectivity index (χ1) is 6.90. The zero-order chi connectivity index (χ0) is 11.5. The van der Waals surface area contributed by atoms with Gasteiger partial charge in [0.05, 0.1) is 0 Å². The molecule has 1 aliphatic rings. The van der Waals surface area contributed by atoms with Crippen molar-refractivity contribution in [3.63, 3.8) is 0 Å². The van der Waals surface area contributed by atoms with Gasteiger partial charge in [0, 0.05) is 0 Å². The molecule has 5 heteroatoms. The number of carbonyl (C=O) groups is 1. The first-order valence-corrected chi connectivity index (χ1v) is 9.32. The van der Waals surface area contributed by atoms with Crippen molar-refractivity contribution in [3.05, 3.63) is 0 Å². The molecule has 1 heterocycles. The molecule has 1 atom stereocenters. The minimum atomic E-state index is -0.392. The van der Waals surface area contributed by atoms with Crippen molar-refractivity contribution < 1.29 is 9.53 Å². The summed E-state index contributed by atoms with van der Waals surface area (Å²) >= 11 is 0.727. The standard InChI is InChI=1S/C10H19NO2SSe/c1-10(2,3)13-9(12)11(4)8-5-6-15-14-7-8/h8H,5-7H2,1-4H3. The molecule has 1 unspecified atom stereocenters. The summed E-state index contributed by atoms with van der Waals surface area (Å²) in [5.41, 5.74) is -0.392. The van der Waals surface area contributed by atoms with Crippen molar-refractivity contribution in [3.8, 4) is 0 Å². The van der Waals surface area contributed by atoms with Gasteiger partial charge in [-0.15, -0.1) is 0 Å². The SMILES string of the molecule is CN(C(=O)OC(C)(C)C)C1CC[Se]SC1. The Morgan fingerprint density at radius 2 is 2.20 bits per heavy atom. The van der Waals surface area contributed by atoms with Crippen LogP contribution in [0.1, 0.15) is 27.2 Å². The van der Waals surface area contributed by atoms with Crippen molar-refractivity contribution in [2.45, 2.75) is 44.2 Å². The van der Waals surface area contributed by atoms with Crippen LogP contribution >= 0.6 is 10.2 Å². The van der Waals surface area contributed by atoms with Gasteiger partial charge in [-0.1, -0.05) is 0 Å². The van der Waals surface area contributed by atoms with Crippen molar-refractivity contribution >= 4 is 30.1 Å². The Hall–Kier alpha value is 0.139. The van der Waals surface area contributed by atoms with E-state index in [0.29, 0.717) is 6.04 Å². The van der Waals surface area contributed by atoms with Crippen LogP contribution in [0.15, 0.2) is 0 Å². The Bertz CT molecular complexity index is 224. The fourth-order valence-corrected chi connectivity index (χ4v) is 5.61. The van der Waals surface area contributed by atoms with Crippen LogP contribution < -0.4 is 0 Å². The average Bonchev–Trinajstić information content (AvgIpc) is 2.15. The van der Waals surface area contributed by atoms with Crippen molar-refractivity contribution in [1.82, 2.24) is 4.90 Å². The summed E-state index contributed by atoms with van der Waals surface area (Å²) in [6.07, 6.45) is 0.936. The molecule has 1 saturated heterocycles. The van der Waals surface area contributed by atoms with Crippen LogP contribution in [0.2, 0.25) is 5.32 Å². The van der Waals surface area contributed by atoms with Crippen LogP contribution in [0.25, 0.3) is 0 Å². The quantitative estimate of drug-likeness (QED) is 0.696. The van der Waals surface area contributed by atoms with E-state index in [4.69, 9.17) is 4.74 Å². The topological polar surface area (TPSA) is 29.5 Å². The molecule has 0 bridgehead atoms. The summed E-state index contributed by atoms with van der Waals surface area (Å²) in [5.74, 6) is 1.07. The normalized spacial score (nSPS) is 22.3.